The third-order valence-electron chi connectivity index (χ3n) is 7.19. The van der Waals surface area contributed by atoms with Crippen LogP contribution in [0.5, 0.6) is 0 Å². The van der Waals surface area contributed by atoms with Crippen LogP contribution in [0.4, 0.5) is 4.79 Å². The molecule has 5 rings (SSSR count). The van der Waals surface area contributed by atoms with Crippen molar-refractivity contribution in [3.05, 3.63) is 147 Å². The van der Waals surface area contributed by atoms with Crippen LogP contribution >= 0.6 is 0 Å². The number of amidine groups is 1. The van der Waals surface area contributed by atoms with Gasteiger partial charge in [-0.15, -0.1) is 0 Å². The van der Waals surface area contributed by atoms with Crippen LogP contribution in [0.25, 0.3) is 10.8 Å². The number of aryl methyl sites for hydroxylation is 1. The summed E-state index contributed by atoms with van der Waals surface area (Å²) in [5.74, 6) is -0.574. The summed E-state index contributed by atoms with van der Waals surface area (Å²) >= 11 is 0. The number of hydrogen-bond acceptors (Lipinski definition) is 7. The lowest BCUT2D eigenvalue weighted by Crippen LogP contribution is -2.36. The fourth-order valence-corrected chi connectivity index (χ4v) is 5.94. The van der Waals surface area contributed by atoms with Gasteiger partial charge < -0.3 is 10.1 Å². The molecule has 2 amide bonds. The second-order valence-electron chi connectivity index (χ2n) is 10.4. The molecule has 4 aromatic carbocycles. The highest BCUT2D eigenvalue weighted by Crippen LogP contribution is 2.23. The molecule has 11 nitrogen and oxygen atoms in total. The molecule has 4 N–H and O–H groups in total. The monoisotopic (exact) mass is 637 g/mol. The Morgan fingerprint density at radius 2 is 1.54 bits per heavy atom. The summed E-state index contributed by atoms with van der Waals surface area (Å²) in [5, 5.41) is 14.5. The van der Waals surface area contributed by atoms with Crippen molar-refractivity contribution in [3.63, 3.8) is 0 Å². The van der Waals surface area contributed by atoms with Gasteiger partial charge in [0.15, 0.2) is 0 Å². The lowest BCUT2D eigenvalue weighted by atomic mass is 10.1. The Labute approximate surface area is 265 Å². The van der Waals surface area contributed by atoms with Crippen LogP contribution < -0.4 is 21.0 Å². The number of nitrogens with one attached hydrogen (secondary N) is 4. The van der Waals surface area contributed by atoms with E-state index in [0.29, 0.717) is 16.5 Å². The van der Waals surface area contributed by atoms with Crippen molar-refractivity contribution in [1.82, 2.24) is 15.3 Å². The normalized spacial score (nSPS) is 11.1. The number of alkyl carbamates (subject to hydrolysis) is 1. The Kier molecular flexibility index (Phi) is 9.58. The van der Waals surface area contributed by atoms with Gasteiger partial charge in [-0.25, -0.2) is 14.3 Å². The van der Waals surface area contributed by atoms with Crippen molar-refractivity contribution < 1.29 is 22.7 Å². The van der Waals surface area contributed by atoms with Crippen LogP contribution in [0.2, 0.25) is 0 Å². The molecule has 46 heavy (non-hydrogen) atoms. The molecule has 1 aromatic heterocycles. The number of carbonyl (C=O) groups excluding carboxylic acids is 2. The lowest BCUT2D eigenvalue weighted by molar-refractivity contribution is -0.120. The highest BCUT2D eigenvalue weighted by molar-refractivity contribution is 7.92. The fraction of sp³-hybridized carbons (Fsp3) is 0.118. The molecule has 0 unspecified atom stereocenters. The molecule has 0 fully saturated rings. The van der Waals surface area contributed by atoms with E-state index in [1.165, 1.54) is 12.3 Å². The first-order valence-corrected chi connectivity index (χ1v) is 15.7. The number of rotatable bonds is 10. The van der Waals surface area contributed by atoms with E-state index in [4.69, 9.17) is 10.1 Å². The molecule has 0 saturated carbocycles. The number of fused-ring (bicyclic) bond motifs is 1. The van der Waals surface area contributed by atoms with Crippen LogP contribution in [0, 0.1) is 12.3 Å². The molecular formula is C34H31N5O6S. The van der Waals surface area contributed by atoms with Gasteiger partial charge in [-0.1, -0.05) is 91.0 Å². The molecule has 12 heteroatoms. The van der Waals surface area contributed by atoms with Crippen molar-refractivity contribution in [3.8, 4) is 0 Å². The van der Waals surface area contributed by atoms with Gasteiger partial charge in [0.05, 0.1) is 11.3 Å². The quantitative estimate of drug-likeness (QED) is 0.132. The van der Waals surface area contributed by atoms with Crippen molar-refractivity contribution in [2.75, 3.05) is 4.83 Å². The highest BCUT2D eigenvalue weighted by Gasteiger charge is 2.20. The number of hydrogen-bond donors (Lipinski definition) is 4. The first-order valence-electron chi connectivity index (χ1n) is 14.2. The zero-order chi connectivity index (χ0) is 32.7. The molecule has 0 aliphatic heterocycles. The van der Waals surface area contributed by atoms with E-state index in [9.17, 15) is 22.8 Å². The zero-order valence-electron chi connectivity index (χ0n) is 24.8. The lowest BCUT2D eigenvalue weighted by Gasteiger charge is -2.14. The van der Waals surface area contributed by atoms with Crippen LogP contribution in [0.15, 0.2) is 119 Å². The van der Waals surface area contributed by atoms with Crippen LogP contribution in [-0.4, -0.2) is 30.9 Å². The molecule has 0 atom stereocenters. The van der Waals surface area contributed by atoms with Gasteiger partial charge >= 0.3 is 6.09 Å². The predicted molar refractivity (Wildman–Crippen MR) is 175 cm³/mol. The predicted octanol–water partition coefficient (Wildman–Crippen LogP) is 4.35. The average molecular weight is 638 g/mol. The van der Waals surface area contributed by atoms with Gasteiger partial charge in [-0.3, -0.25) is 20.3 Å². The molecule has 0 aliphatic carbocycles. The number of amides is 2. The van der Waals surface area contributed by atoms with Gasteiger partial charge in [0.2, 0.25) is 5.91 Å². The van der Waals surface area contributed by atoms with Gasteiger partial charge in [0.1, 0.15) is 12.4 Å². The number of sulfonamides is 1. The molecule has 0 saturated heterocycles. The maximum atomic E-state index is 13.3. The Morgan fingerprint density at radius 1 is 0.848 bits per heavy atom. The standard InChI is InChI=1S/C34H31N5O6S/c1-23-18-19-39(38-46(43,44)30-13-7-11-26-10-5-6-12-28(26)30)33(41)29(23)20-31(40)36-21-24-14-16-27(17-15-24)32(35)37-34(42)45-22-25-8-3-2-4-9-25/h2-19,38H,20-22H2,1H3,(H,36,40)(H2,35,37,42). The molecule has 1 heterocycles. The highest BCUT2D eigenvalue weighted by atomic mass is 32.2. The Balaban J connectivity index is 1.17. The largest absolute Gasteiger partial charge is 0.444 e. The summed E-state index contributed by atoms with van der Waals surface area (Å²) in [6.07, 6.45) is 0.305. The molecule has 0 bridgehead atoms. The second kappa shape index (κ2) is 13.9. The maximum Gasteiger partial charge on any atom is 0.413 e. The van der Waals surface area contributed by atoms with Crippen molar-refractivity contribution in [1.29, 1.82) is 5.41 Å². The Bertz CT molecular complexity index is 2070. The minimum atomic E-state index is -4.13. The van der Waals surface area contributed by atoms with Crippen molar-refractivity contribution >= 4 is 38.6 Å². The fourth-order valence-electron chi connectivity index (χ4n) is 4.71. The number of aromatic nitrogens is 1. The molecule has 0 radical (unpaired) electrons. The topological polar surface area (TPSA) is 159 Å². The number of benzene rings is 4. The molecule has 234 valence electrons. The third-order valence-corrected chi connectivity index (χ3v) is 8.57. The number of ether oxygens (including phenoxy) is 1. The van der Waals surface area contributed by atoms with Crippen molar-refractivity contribution in [2.45, 2.75) is 31.4 Å². The zero-order valence-corrected chi connectivity index (χ0v) is 25.6. The summed E-state index contributed by atoms with van der Waals surface area (Å²) < 4.78 is 32.5. The number of pyridine rings is 1. The molecule has 5 aromatic rings. The first kappa shape index (κ1) is 31.7. The van der Waals surface area contributed by atoms with E-state index < -0.39 is 27.6 Å². The maximum absolute atomic E-state index is 13.3. The van der Waals surface area contributed by atoms with Gasteiger partial charge in [-0.2, -0.15) is 8.42 Å². The van der Waals surface area contributed by atoms with Crippen molar-refractivity contribution in [2.24, 2.45) is 0 Å². The molecule has 0 spiro atoms. The summed E-state index contributed by atoms with van der Waals surface area (Å²) in [5.41, 5.74) is 2.02. The van der Waals surface area contributed by atoms with E-state index in [2.05, 4.69) is 15.5 Å². The number of nitrogens with zero attached hydrogens (tertiary/aromatic N) is 1. The molecule has 0 aliphatic rings. The third kappa shape index (κ3) is 7.66. The SMILES string of the molecule is Cc1ccn(NS(=O)(=O)c2cccc3ccccc23)c(=O)c1CC(=O)NCc1ccc(C(=N)NC(=O)OCc2ccccc2)cc1. The summed E-state index contributed by atoms with van der Waals surface area (Å²) in [7, 11) is -4.13. The minimum absolute atomic E-state index is 0.0253. The Hall–Kier alpha value is -5.75. The minimum Gasteiger partial charge on any atom is -0.444 e. The van der Waals surface area contributed by atoms with Crippen LogP contribution in [0.1, 0.15) is 27.8 Å². The summed E-state index contributed by atoms with van der Waals surface area (Å²) in [4.78, 5) is 40.5. The smallest absolute Gasteiger partial charge is 0.413 e. The van der Waals surface area contributed by atoms with E-state index in [0.717, 1.165) is 21.2 Å². The van der Waals surface area contributed by atoms with E-state index in [1.54, 1.807) is 67.6 Å². The molecular weight excluding hydrogens is 606 g/mol. The number of carbonyl (C=O) groups is 2. The van der Waals surface area contributed by atoms with Crippen LogP contribution in [0.3, 0.4) is 0 Å². The van der Waals surface area contributed by atoms with E-state index in [1.807, 2.05) is 36.4 Å². The Morgan fingerprint density at radius 3 is 2.30 bits per heavy atom. The van der Waals surface area contributed by atoms with Crippen LogP contribution in [-0.2, 0) is 39.1 Å². The van der Waals surface area contributed by atoms with Gasteiger partial charge in [0.25, 0.3) is 15.6 Å². The first-order chi connectivity index (χ1) is 22.1. The average Bonchev–Trinajstić information content (AvgIpc) is 3.06. The summed E-state index contributed by atoms with van der Waals surface area (Å²) in [6, 6.07) is 29.3. The van der Waals surface area contributed by atoms with Gasteiger partial charge in [0, 0.05) is 29.3 Å². The summed E-state index contributed by atoms with van der Waals surface area (Å²) in [6.45, 7) is 1.90. The van der Waals surface area contributed by atoms with Gasteiger partial charge in [-0.05, 0) is 41.1 Å². The van der Waals surface area contributed by atoms with E-state index >= 15 is 0 Å². The van der Waals surface area contributed by atoms with E-state index in [-0.39, 0.29) is 35.9 Å². The second-order valence-corrected chi connectivity index (χ2v) is 12.1.